The number of rotatable bonds is 4. The lowest BCUT2D eigenvalue weighted by Crippen LogP contribution is -2.30. The maximum Gasteiger partial charge on any atom is 0.252 e. The van der Waals surface area contributed by atoms with Crippen molar-refractivity contribution in [3.63, 3.8) is 0 Å². The van der Waals surface area contributed by atoms with Crippen molar-refractivity contribution in [2.24, 2.45) is 0 Å². The Morgan fingerprint density at radius 2 is 2.00 bits per heavy atom. The zero-order valence-corrected chi connectivity index (χ0v) is 15.5. The van der Waals surface area contributed by atoms with Gasteiger partial charge in [-0.15, -0.1) is 11.3 Å². The monoisotopic (exact) mass is 394 g/mol. The molecule has 0 radical (unpaired) electrons. The van der Waals surface area contributed by atoms with E-state index in [4.69, 9.17) is 16.3 Å². The topological polar surface area (TPSA) is 59.5 Å². The Hall–Kier alpha value is -1.67. The highest BCUT2D eigenvalue weighted by Crippen LogP contribution is 2.30. The fourth-order valence-corrected chi connectivity index (χ4v) is 5.98. The maximum absolute atomic E-state index is 12.6. The molecule has 5 nitrogen and oxygen atoms in total. The van der Waals surface area contributed by atoms with Crippen molar-refractivity contribution in [1.82, 2.24) is 9.29 Å². The minimum atomic E-state index is -3.51. The number of ether oxygens (including phenoxy) is 1. The van der Waals surface area contributed by atoms with Crippen LogP contribution in [0.2, 0.25) is 4.34 Å². The summed E-state index contributed by atoms with van der Waals surface area (Å²) in [5, 5.41) is 1.04. The van der Waals surface area contributed by atoms with Crippen LogP contribution in [0.15, 0.2) is 52.7 Å². The maximum atomic E-state index is 12.6. The van der Waals surface area contributed by atoms with Crippen LogP contribution in [0.5, 0.6) is 5.88 Å². The predicted molar refractivity (Wildman–Crippen MR) is 98.9 cm³/mol. The number of para-hydroxylation sites is 1. The van der Waals surface area contributed by atoms with E-state index in [-0.39, 0.29) is 10.3 Å². The zero-order valence-electron chi connectivity index (χ0n) is 13.1. The lowest BCUT2D eigenvalue weighted by Gasteiger charge is -2.16. The van der Waals surface area contributed by atoms with Gasteiger partial charge >= 0.3 is 0 Å². The van der Waals surface area contributed by atoms with E-state index in [1.54, 1.807) is 12.1 Å². The van der Waals surface area contributed by atoms with Gasteiger partial charge in [-0.2, -0.15) is 4.31 Å². The second-order valence-corrected chi connectivity index (χ2v) is 9.67. The number of hydrogen-bond acceptors (Lipinski definition) is 5. The molecule has 0 N–H and O–H groups in total. The summed E-state index contributed by atoms with van der Waals surface area (Å²) >= 11 is 6.93. The third-order valence-electron chi connectivity index (χ3n) is 4.11. The van der Waals surface area contributed by atoms with Gasteiger partial charge in [0.15, 0.2) is 0 Å². The summed E-state index contributed by atoms with van der Waals surface area (Å²) in [6.45, 7) is 0.739. The quantitative estimate of drug-likeness (QED) is 0.675. The number of pyridine rings is 1. The second kappa shape index (κ2) is 6.57. The Morgan fingerprint density at radius 3 is 2.80 bits per heavy atom. The molecule has 1 saturated heterocycles. The van der Waals surface area contributed by atoms with Crippen molar-refractivity contribution in [2.75, 3.05) is 13.1 Å². The van der Waals surface area contributed by atoms with Crippen molar-refractivity contribution in [2.45, 2.75) is 16.7 Å². The summed E-state index contributed by atoms with van der Waals surface area (Å²) in [5.74, 6) is 0.516. The van der Waals surface area contributed by atoms with E-state index in [9.17, 15) is 8.42 Å². The summed E-state index contributed by atoms with van der Waals surface area (Å²) in [6, 6.07) is 14.7. The van der Waals surface area contributed by atoms with Crippen molar-refractivity contribution in [1.29, 1.82) is 0 Å². The minimum Gasteiger partial charge on any atom is -0.473 e. The van der Waals surface area contributed by atoms with E-state index in [1.807, 2.05) is 36.4 Å². The Labute approximate surface area is 154 Å². The van der Waals surface area contributed by atoms with E-state index in [0.29, 0.717) is 29.7 Å². The van der Waals surface area contributed by atoms with Gasteiger partial charge < -0.3 is 4.74 Å². The number of fused-ring (bicyclic) bond motifs is 1. The molecular formula is C17H15ClN2O3S2. The molecule has 3 aromatic rings. The molecule has 0 spiro atoms. The van der Waals surface area contributed by atoms with Gasteiger partial charge in [0.1, 0.15) is 10.3 Å². The minimum absolute atomic E-state index is 0.209. The molecule has 1 atom stereocenters. The number of halogens is 1. The Bertz CT molecular complexity index is 1020. The highest BCUT2D eigenvalue weighted by Gasteiger charge is 2.34. The number of nitrogens with zero attached hydrogens (tertiary/aromatic N) is 2. The first kappa shape index (κ1) is 16.8. The summed E-state index contributed by atoms with van der Waals surface area (Å²) in [4.78, 5) is 4.48. The molecular weight excluding hydrogens is 380 g/mol. The highest BCUT2D eigenvalue weighted by molar-refractivity contribution is 7.91. The number of aromatic nitrogens is 1. The van der Waals surface area contributed by atoms with E-state index in [2.05, 4.69) is 4.98 Å². The first-order valence-electron chi connectivity index (χ1n) is 7.80. The van der Waals surface area contributed by atoms with E-state index < -0.39 is 10.0 Å². The number of sulfonamides is 1. The standard InChI is InChI=1S/C17H15ClN2O3S2/c18-15-6-8-17(24-15)25(21,22)20-10-9-13(11-20)23-16-7-5-12-3-1-2-4-14(12)19-16/h1-8,13H,9-11H2. The first-order valence-corrected chi connectivity index (χ1v) is 10.4. The molecule has 25 heavy (non-hydrogen) atoms. The van der Waals surface area contributed by atoms with Gasteiger partial charge in [-0.3, -0.25) is 0 Å². The molecule has 0 bridgehead atoms. The lowest BCUT2D eigenvalue weighted by molar-refractivity contribution is 0.207. The Kier molecular flexibility index (Phi) is 4.41. The van der Waals surface area contributed by atoms with Gasteiger partial charge in [-0.05, 0) is 30.7 Å². The van der Waals surface area contributed by atoms with Crippen LogP contribution in [0.4, 0.5) is 0 Å². The molecule has 0 saturated carbocycles. The van der Waals surface area contributed by atoms with Crippen LogP contribution in [0, 0.1) is 0 Å². The molecule has 1 aromatic carbocycles. The SMILES string of the molecule is O=S(=O)(c1ccc(Cl)s1)N1CCC(Oc2ccc3ccccc3n2)C1. The average Bonchev–Trinajstić information content (AvgIpc) is 3.24. The summed E-state index contributed by atoms with van der Waals surface area (Å²) in [6.07, 6.45) is 0.422. The Balaban J connectivity index is 1.48. The lowest BCUT2D eigenvalue weighted by atomic mass is 10.2. The third-order valence-corrected chi connectivity index (χ3v) is 7.67. The molecule has 8 heteroatoms. The van der Waals surface area contributed by atoms with Gasteiger partial charge in [-0.1, -0.05) is 29.8 Å². The largest absolute Gasteiger partial charge is 0.473 e. The summed E-state index contributed by atoms with van der Waals surface area (Å²) in [7, 11) is -3.51. The van der Waals surface area contributed by atoms with Crippen molar-refractivity contribution >= 4 is 43.9 Å². The number of hydrogen-bond donors (Lipinski definition) is 0. The molecule has 1 aliphatic heterocycles. The molecule has 2 aromatic heterocycles. The summed E-state index contributed by atoms with van der Waals surface area (Å²) < 4.78 is 33.3. The molecule has 130 valence electrons. The van der Waals surface area contributed by atoms with Crippen LogP contribution < -0.4 is 4.74 Å². The number of thiophene rings is 1. The van der Waals surface area contributed by atoms with Crippen LogP contribution in [0.3, 0.4) is 0 Å². The van der Waals surface area contributed by atoms with Gasteiger partial charge in [0.05, 0.1) is 16.4 Å². The number of benzene rings is 1. The molecule has 1 unspecified atom stereocenters. The molecule has 3 heterocycles. The molecule has 0 amide bonds. The second-order valence-electron chi connectivity index (χ2n) is 5.79. The van der Waals surface area contributed by atoms with E-state index in [0.717, 1.165) is 22.2 Å². The van der Waals surface area contributed by atoms with Crippen molar-refractivity contribution in [3.05, 3.63) is 52.9 Å². The highest BCUT2D eigenvalue weighted by atomic mass is 35.5. The summed E-state index contributed by atoms with van der Waals surface area (Å²) in [5.41, 5.74) is 0.857. The van der Waals surface area contributed by atoms with Gasteiger partial charge in [0, 0.05) is 18.0 Å². The van der Waals surface area contributed by atoms with Gasteiger partial charge in [0.25, 0.3) is 10.0 Å². The molecule has 4 rings (SSSR count). The van der Waals surface area contributed by atoms with Gasteiger partial charge in [-0.25, -0.2) is 13.4 Å². The normalized spacial score (nSPS) is 18.7. The third kappa shape index (κ3) is 3.37. The van der Waals surface area contributed by atoms with Crippen molar-refractivity contribution < 1.29 is 13.2 Å². The molecule has 0 aliphatic carbocycles. The molecule has 1 aliphatic rings. The van der Waals surface area contributed by atoms with Crippen LogP contribution in [0.25, 0.3) is 10.9 Å². The predicted octanol–water partition coefficient (Wildman–Crippen LogP) is 3.79. The molecule has 1 fully saturated rings. The van der Waals surface area contributed by atoms with Crippen LogP contribution >= 0.6 is 22.9 Å². The van der Waals surface area contributed by atoms with Crippen molar-refractivity contribution in [3.8, 4) is 5.88 Å². The zero-order chi connectivity index (χ0) is 17.4. The van der Waals surface area contributed by atoms with E-state index >= 15 is 0 Å². The van der Waals surface area contributed by atoms with Gasteiger partial charge in [0.2, 0.25) is 5.88 Å². The van der Waals surface area contributed by atoms with Crippen LogP contribution in [-0.2, 0) is 10.0 Å². The van der Waals surface area contributed by atoms with E-state index in [1.165, 1.54) is 4.31 Å². The fraction of sp³-hybridized carbons (Fsp3) is 0.235. The van der Waals surface area contributed by atoms with Crippen LogP contribution in [0.1, 0.15) is 6.42 Å². The Morgan fingerprint density at radius 1 is 1.16 bits per heavy atom. The van der Waals surface area contributed by atoms with Crippen LogP contribution in [-0.4, -0.2) is 36.9 Å². The smallest absolute Gasteiger partial charge is 0.252 e. The first-order chi connectivity index (χ1) is 12.0. The average molecular weight is 395 g/mol. The fourth-order valence-electron chi connectivity index (χ4n) is 2.86.